The van der Waals surface area contributed by atoms with Crippen LogP contribution in [0.5, 0.6) is 5.75 Å². The van der Waals surface area contributed by atoms with Crippen LogP contribution in [0.3, 0.4) is 0 Å². The SMILES string of the molecule is CC.COc1cccc(C)c1NC(=O)CCC(=O)O. The second kappa shape index (κ2) is 8.97. The van der Waals surface area contributed by atoms with E-state index in [-0.39, 0.29) is 18.7 Å². The number of para-hydroxylation sites is 1. The summed E-state index contributed by atoms with van der Waals surface area (Å²) >= 11 is 0. The van der Waals surface area contributed by atoms with Gasteiger partial charge in [-0.1, -0.05) is 26.0 Å². The standard InChI is InChI=1S/C12H15NO4.C2H6/c1-8-4-3-5-9(17-2)12(8)13-10(14)6-7-11(15)16;1-2/h3-5H,6-7H2,1-2H3,(H,13,14)(H,15,16);1-2H3. The van der Waals surface area contributed by atoms with E-state index in [9.17, 15) is 9.59 Å². The molecule has 1 aromatic carbocycles. The smallest absolute Gasteiger partial charge is 0.303 e. The molecular formula is C14H21NO4. The van der Waals surface area contributed by atoms with Crippen LogP contribution in [0, 0.1) is 6.92 Å². The first-order valence-electron chi connectivity index (χ1n) is 6.20. The Balaban J connectivity index is 0.00000154. The van der Waals surface area contributed by atoms with Crippen LogP contribution in [-0.4, -0.2) is 24.1 Å². The highest BCUT2D eigenvalue weighted by molar-refractivity contribution is 5.94. The number of aliphatic carboxylic acids is 1. The lowest BCUT2D eigenvalue weighted by Gasteiger charge is -2.12. The van der Waals surface area contributed by atoms with Gasteiger partial charge < -0.3 is 15.2 Å². The van der Waals surface area contributed by atoms with Crippen LogP contribution in [-0.2, 0) is 9.59 Å². The quantitative estimate of drug-likeness (QED) is 0.860. The normalized spacial score (nSPS) is 9.05. The number of rotatable bonds is 5. The third kappa shape index (κ3) is 5.90. The van der Waals surface area contributed by atoms with Gasteiger partial charge in [0.25, 0.3) is 0 Å². The zero-order chi connectivity index (χ0) is 14.8. The number of hydrogen-bond acceptors (Lipinski definition) is 3. The highest BCUT2D eigenvalue weighted by atomic mass is 16.5. The molecule has 0 aliphatic rings. The topological polar surface area (TPSA) is 75.6 Å². The fraction of sp³-hybridized carbons (Fsp3) is 0.429. The summed E-state index contributed by atoms with van der Waals surface area (Å²) in [5, 5.41) is 11.1. The van der Waals surface area contributed by atoms with E-state index in [1.54, 1.807) is 6.07 Å². The van der Waals surface area contributed by atoms with Crippen molar-refractivity contribution in [2.24, 2.45) is 0 Å². The van der Waals surface area contributed by atoms with Crippen LogP contribution < -0.4 is 10.1 Å². The van der Waals surface area contributed by atoms with Crippen molar-refractivity contribution in [3.63, 3.8) is 0 Å². The fourth-order valence-corrected chi connectivity index (χ4v) is 1.39. The molecule has 0 aliphatic carbocycles. The number of ether oxygens (including phenoxy) is 1. The van der Waals surface area contributed by atoms with Crippen molar-refractivity contribution in [3.05, 3.63) is 23.8 Å². The Kier molecular flexibility index (Phi) is 8.00. The minimum atomic E-state index is -0.989. The molecule has 0 atom stereocenters. The Bertz CT molecular complexity index is 429. The Morgan fingerprint density at radius 1 is 1.26 bits per heavy atom. The zero-order valence-corrected chi connectivity index (χ0v) is 11.8. The first-order chi connectivity index (χ1) is 9.04. The Labute approximate surface area is 113 Å². The van der Waals surface area contributed by atoms with Crippen molar-refractivity contribution in [1.82, 2.24) is 0 Å². The number of aryl methyl sites for hydroxylation is 1. The predicted molar refractivity (Wildman–Crippen MR) is 74.6 cm³/mol. The molecule has 1 aromatic rings. The summed E-state index contributed by atoms with van der Waals surface area (Å²) in [6.45, 7) is 5.84. The van der Waals surface area contributed by atoms with E-state index in [1.165, 1.54) is 7.11 Å². The molecule has 0 saturated heterocycles. The van der Waals surface area contributed by atoms with E-state index in [0.717, 1.165) is 5.56 Å². The summed E-state index contributed by atoms with van der Waals surface area (Å²) in [4.78, 5) is 21.8. The number of methoxy groups -OCH3 is 1. The number of anilines is 1. The summed E-state index contributed by atoms with van der Waals surface area (Å²) < 4.78 is 5.12. The number of benzene rings is 1. The average Bonchev–Trinajstić information content (AvgIpc) is 2.41. The third-order valence-corrected chi connectivity index (χ3v) is 2.28. The number of nitrogens with one attached hydrogen (secondary N) is 1. The van der Waals surface area contributed by atoms with Crippen molar-refractivity contribution < 1.29 is 19.4 Å². The molecule has 0 saturated carbocycles. The molecule has 0 fully saturated rings. The molecule has 1 amide bonds. The maximum absolute atomic E-state index is 11.5. The summed E-state index contributed by atoms with van der Waals surface area (Å²) in [5.41, 5.74) is 1.46. The Morgan fingerprint density at radius 2 is 1.89 bits per heavy atom. The van der Waals surface area contributed by atoms with E-state index in [4.69, 9.17) is 9.84 Å². The fourth-order valence-electron chi connectivity index (χ4n) is 1.39. The van der Waals surface area contributed by atoms with Crippen LogP contribution in [0.15, 0.2) is 18.2 Å². The first-order valence-corrected chi connectivity index (χ1v) is 6.20. The molecular weight excluding hydrogens is 246 g/mol. The highest BCUT2D eigenvalue weighted by Crippen LogP contribution is 2.27. The van der Waals surface area contributed by atoms with E-state index >= 15 is 0 Å². The molecule has 0 radical (unpaired) electrons. The molecule has 0 bridgehead atoms. The van der Waals surface area contributed by atoms with Crippen LogP contribution in [0.4, 0.5) is 5.69 Å². The minimum absolute atomic E-state index is 0.0488. The largest absolute Gasteiger partial charge is 0.495 e. The molecule has 0 aromatic heterocycles. The number of carboxylic acids is 1. The van der Waals surface area contributed by atoms with Crippen molar-refractivity contribution in [2.75, 3.05) is 12.4 Å². The summed E-state index contributed by atoms with van der Waals surface area (Å²) in [6, 6.07) is 5.40. The maximum atomic E-state index is 11.5. The lowest BCUT2D eigenvalue weighted by molar-refractivity contribution is -0.138. The van der Waals surface area contributed by atoms with Gasteiger partial charge in [-0.2, -0.15) is 0 Å². The molecule has 19 heavy (non-hydrogen) atoms. The Morgan fingerprint density at radius 3 is 2.42 bits per heavy atom. The van der Waals surface area contributed by atoms with Gasteiger partial charge in [-0.3, -0.25) is 9.59 Å². The van der Waals surface area contributed by atoms with Crippen molar-refractivity contribution in [2.45, 2.75) is 33.6 Å². The number of carbonyl (C=O) groups is 2. The van der Waals surface area contributed by atoms with Gasteiger partial charge >= 0.3 is 5.97 Å². The van der Waals surface area contributed by atoms with Crippen molar-refractivity contribution >= 4 is 17.6 Å². The van der Waals surface area contributed by atoms with Gasteiger partial charge in [-0.05, 0) is 18.6 Å². The lowest BCUT2D eigenvalue weighted by Crippen LogP contribution is -2.14. The van der Waals surface area contributed by atoms with E-state index < -0.39 is 5.97 Å². The second-order valence-corrected chi connectivity index (χ2v) is 3.59. The molecule has 106 valence electrons. The molecule has 1 rings (SSSR count). The van der Waals surface area contributed by atoms with Gasteiger partial charge in [0.15, 0.2) is 0 Å². The van der Waals surface area contributed by atoms with Gasteiger partial charge in [0.05, 0.1) is 19.2 Å². The van der Waals surface area contributed by atoms with Gasteiger partial charge in [0.2, 0.25) is 5.91 Å². The zero-order valence-electron chi connectivity index (χ0n) is 11.8. The number of carboxylic acid groups (broad SMARTS) is 1. The molecule has 0 unspecified atom stereocenters. The summed E-state index contributed by atoms with van der Waals surface area (Å²) in [6.07, 6.45) is -0.229. The first kappa shape index (κ1) is 17.0. The molecule has 0 spiro atoms. The number of carbonyl (C=O) groups excluding carboxylic acids is 1. The monoisotopic (exact) mass is 267 g/mol. The molecule has 5 nitrogen and oxygen atoms in total. The van der Waals surface area contributed by atoms with Crippen molar-refractivity contribution in [1.29, 1.82) is 0 Å². The van der Waals surface area contributed by atoms with Gasteiger partial charge in [-0.15, -0.1) is 0 Å². The van der Waals surface area contributed by atoms with Gasteiger partial charge in [0.1, 0.15) is 5.75 Å². The van der Waals surface area contributed by atoms with Crippen LogP contribution in [0.1, 0.15) is 32.3 Å². The van der Waals surface area contributed by atoms with Gasteiger partial charge in [-0.25, -0.2) is 0 Å². The van der Waals surface area contributed by atoms with E-state index in [2.05, 4.69) is 5.32 Å². The number of hydrogen-bond donors (Lipinski definition) is 2. The van der Waals surface area contributed by atoms with Crippen LogP contribution >= 0.6 is 0 Å². The predicted octanol–water partition coefficient (Wildman–Crippen LogP) is 2.83. The molecule has 0 aliphatic heterocycles. The van der Waals surface area contributed by atoms with E-state index in [0.29, 0.717) is 11.4 Å². The minimum Gasteiger partial charge on any atom is -0.495 e. The van der Waals surface area contributed by atoms with Crippen LogP contribution in [0.2, 0.25) is 0 Å². The molecule has 0 heterocycles. The van der Waals surface area contributed by atoms with Crippen LogP contribution in [0.25, 0.3) is 0 Å². The average molecular weight is 267 g/mol. The van der Waals surface area contributed by atoms with Crippen molar-refractivity contribution in [3.8, 4) is 5.75 Å². The molecule has 2 N–H and O–H groups in total. The Hall–Kier alpha value is -2.04. The highest BCUT2D eigenvalue weighted by Gasteiger charge is 2.11. The maximum Gasteiger partial charge on any atom is 0.303 e. The van der Waals surface area contributed by atoms with E-state index in [1.807, 2.05) is 32.9 Å². The number of amides is 1. The second-order valence-electron chi connectivity index (χ2n) is 3.59. The summed E-state index contributed by atoms with van der Waals surface area (Å²) in [5.74, 6) is -0.759. The lowest BCUT2D eigenvalue weighted by atomic mass is 10.1. The summed E-state index contributed by atoms with van der Waals surface area (Å²) in [7, 11) is 1.52. The third-order valence-electron chi connectivity index (χ3n) is 2.28. The van der Waals surface area contributed by atoms with Gasteiger partial charge in [0, 0.05) is 6.42 Å². The molecule has 5 heteroatoms.